The van der Waals surface area contributed by atoms with Crippen LogP contribution in [0.3, 0.4) is 0 Å². The Morgan fingerprint density at radius 3 is 1.73 bits per heavy atom. The van der Waals surface area contributed by atoms with Gasteiger partial charge in [-0.3, -0.25) is 24.0 Å². The normalized spacial score (nSPS) is 21.8. The fraction of sp³-hybridized carbons (Fsp3) is 0.865. The third-order valence-corrected chi connectivity index (χ3v) is 9.54. The number of hydrogen-bond acceptors (Lipinski definition) is 10. The van der Waals surface area contributed by atoms with Crippen molar-refractivity contribution in [2.24, 2.45) is 11.5 Å². The second kappa shape index (κ2) is 27.7. The predicted octanol–water partition coefficient (Wildman–Crippen LogP) is 2.66. The zero-order valence-electron chi connectivity index (χ0n) is 31.8. The number of aliphatic hydroxyl groups is 2. The Morgan fingerprint density at radius 2 is 1.25 bits per heavy atom. The highest BCUT2D eigenvalue weighted by Gasteiger charge is 2.45. The Hall–Kier alpha value is -2.85. The molecule has 8 atom stereocenters. The molecule has 0 unspecified atom stereocenters. The first-order chi connectivity index (χ1) is 24.8. The third kappa shape index (κ3) is 20.4. The molecule has 0 aliphatic carbocycles. The Kier molecular flexibility index (Phi) is 25.1. The highest BCUT2D eigenvalue weighted by atomic mass is 16.6. The molecular weight excluding hydrogens is 674 g/mol. The molecule has 0 spiro atoms. The van der Waals surface area contributed by atoms with Crippen molar-refractivity contribution in [3.63, 3.8) is 0 Å². The molecular formula is C37H69N5O10. The van der Waals surface area contributed by atoms with Gasteiger partial charge >= 0.3 is 5.97 Å². The summed E-state index contributed by atoms with van der Waals surface area (Å²) in [6.45, 7) is 4.84. The van der Waals surface area contributed by atoms with E-state index in [1.807, 2.05) is 0 Å². The van der Waals surface area contributed by atoms with Gasteiger partial charge in [0.05, 0.1) is 6.04 Å². The van der Waals surface area contributed by atoms with Crippen molar-refractivity contribution in [1.82, 2.24) is 16.0 Å². The molecule has 0 bridgehead atoms. The lowest BCUT2D eigenvalue weighted by Gasteiger charge is -2.42. The van der Waals surface area contributed by atoms with Crippen molar-refractivity contribution in [2.45, 2.75) is 198 Å². The van der Waals surface area contributed by atoms with Gasteiger partial charge in [0, 0.05) is 19.4 Å². The fourth-order valence-electron chi connectivity index (χ4n) is 6.15. The molecule has 0 radical (unpaired) electrons. The standard InChI is InChI=1S/C37H69N5O10/c1-4-5-6-7-8-9-10-11-12-13-14-15-16-17-18-19-20-21-29(43)40-24-28-32(46)33(31(38)37(50)52-28)51-26(3)36(49)41-25(2)35(48)42-27(34(39)47)22-23-30(44)45/h25-28,31-33,37,46,50H,4-24,38H2,1-3H3,(H2,39,47)(H,40,43)(H,41,49)(H,42,48)(H,44,45)/t25-,26+,27+,28+,31+,32+,33+,37+/m0/s1. The van der Waals surface area contributed by atoms with Gasteiger partial charge in [0.2, 0.25) is 23.6 Å². The maximum Gasteiger partial charge on any atom is 0.303 e. The summed E-state index contributed by atoms with van der Waals surface area (Å²) in [5.41, 5.74) is 11.3. The molecule has 1 aliphatic heterocycles. The summed E-state index contributed by atoms with van der Waals surface area (Å²) < 4.78 is 11.1. The smallest absolute Gasteiger partial charge is 0.303 e. The molecule has 1 saturated heterocycles. The summed E-state index contributed by atoms with van der Waals surface area (Å²) in [4.78, 5) is 60.2. The summed E-state index contributed by atoms with van der Waals surface area (Å²) in [6, 6.07) is -3.63. The van der Waals surface area contributed by atoms with Crippen LogP contribution in [-0.4, -0.2) is 100 Å². The number of ether oxygens (including phenoxy) is 2. The predicted molar refractivity (Wildman–Crippen MR) is 197 cm³/mol. The SMILES string of the molecule is CCCCCCCCCCCCCCCCCCCC(=O)NC[C@H]1O[C@@H](O)[C@H](N)[C@@H](O[C@H](C)C(=O)N[C@@H](C)C(=O)N[C@H](CCC(=O)O)C(N)=O)[C@@H]1O. The van der Waals surface area contributed by atoms with Crippen LogP contribution in [-0.2, 0) is 33.4 Å². The van der Waals surface area contributed by atoms with E-state index in [4.69, 9.17) is 26.0 Å². The molecule has 15 nitrogen and oxygen atoms in total. The summed E-state index contributed by atoms with van der Waals surface area (Å²) in [7, 11) is 0. The molecule has 0 aromatic heterocycles. The van der Waals surface area contributed by atoms with Gasteiger partial charge in [-0.05, 0) is 26.7 Å². The van der Waals surface area contributed by atoms with Crippen molar-refractivity contribution in [2.75, 3.05) is 6.54 Å². The number of amides is 4. The van der Waals surface area contributed by atoms with Crippen LogP contribution in [0.4, 0.5) is 0 Å². The largest absolute Gasteiger partial charge is 0.481 e. The monoisotopic (exact) mass is 744 g/mol. The minimum atomic E-state index is -1.54. The van der Waals surface area contributed by atoms with Crippen molar-refractivity contribution >= 4 is 29.6 Å². The van der Waals surface area contributed by atoms with Crippen molar-refractivity contribution in [3.8, 4) is 0 Å². The second-order valence-corrected chi connectivity index (χ2v) is 14.2. The van der Waals surface area contributed by atoms with Gasteiger partial charge in [-0.25, -0.2) is 0 Å². The van der Waals surface area contributed by atoms with E-state index in [-0.39, 0.29) is 18.9 Å². The first kappa shape index (κ1) is 47.2. The number of nitrogens with one attached hydrogen (secondary N) is 3. The van der Waals surface area contributed by atoms with Crippen LogP contribution in [0.25, 0.3) is 0 Å². The summed E-state index contributed by atoms with van der Waals surface area (Å²) in [6.07, 6.45) is 14.5. The lowest BCUT2D eigenvalue weighted by molar-refractivity contribution is -0.254. The van der Waals surface area contributed by atoms with Gasteiger partial charge in [0.1, 0.15) is 36.5 Å². The minimum Gasteiger partial charge on any atom is -0.481 e. The van der Waals surface area contributed by atoms with Crippen LogP contribution in [0, 0.1) is 0 Å². The molecule has 0 saturated carbocycles. The van der Waals surface area contributed by atoms with E-state index in [2.05, 4.69) is 22.9 Å². The number of nitrogens with two attached hydrogens (primary N) is 2. The Bertz CT molecular complexity index is 1050. The number of carboxylic acid groups (broad SMARTS) is 1. The molecule has 1 aliphatic rings. The lowest BCUT2D eigenvalue weighted by Crippen LogP contribution is -2.65. The molecule has 302 valence electrons. The van der Waals surface area contributed by atoms with E-state index >= 15 is 0 Å². The molecule has 0 aromatic rings. The van der Waals surface area contributed by atoms with Crippen LogP contribution in [0.15, 0.2) is 0 Å². The Balaban J connectivity index is 2.31. The average Bonchev–Trinajstić information content (AvgIpc) is 3.10. The van der Waals surface area contributed by atoms with Gasteiger partial charge in [-0.1, -0.05) is 110 Å². The number of hydrogen-bond donors (Lipinski definition) is 8. The van der Waals surface area contributed by atoms with Gasteiger partial charge in [-0.2, -0.15) is 0 Å². The number of primary amides is 1. The van der Waals surface area contributed by atoms with Crippen LogP contribution in [0.1, 0.15) is 149 Å². The summed E-state index contributed by atoms with van der Waals surface area (Å²) in [5.74, 6) is -3.84. The molecule has 15 heteroatoms. The first-order valence-corrected chi connectivity index (χ1v) is 19.6. The van der Waals surface area contributed by atoms with E-state index in [1.165, 1.54) is 97.3 Å². The fourth-order valence-corrected chi connectivity index (χ4v) is 6.15. The quantitative estimate of drug-likeness (QED) is 0.0497. The molecule has 4 amide bonds. The van der Waals surface area contributed by atoms with Gasteiger partial charge in [-0.15, -0.1) is 0 Å². The number of aliphatic hydroxyl groups excluding tert-OH is 2. The zero-order chi connectivity index (χ0) is 38.9. The van der Waals surface area contributed by atoms with Gasteiger partial charge < -0.3 is 52.2 Å². The molecule has 52 heavy (non-hydrogen) atoms. The molecule has 1 fully saturated rings. The third-order valence-electron chi connectivity index (χ3n) is 9.54. The molecule has 1 heterocycles. The Labute approximate surface area is 310 Å². The maximum absolute atomic E-state index is 12.8. The molecule has 10 N–H and O–H groups in total. The molecule has 1 rings (SSSR count). The second-order valence-electron chi connectivity index (χ2n) is 14.2. The number of carbonyl (C=O) groups is 5. The first-order valence-electron chi connectivity index (χ1n) is 19.6. The van der Waals surface area contributed by atoms with Crippen molar-refractivity contribution < 1.29 is 48.8 Å². The van der Waals surface area contributed by atoms with Gasteiger partial charge in [0.15, 0.2) is 6.29 Å². The van der Waals surface area contributed by atoms with E-state index < -0.39 is 78.9 Å². The van der Waals surface area contributed by atoms with E-state index in [0.29, 0.717) is 6.42 Å². The van der Waals surface area contributed by atoms with E-state index in [9.17, 15) is 34.2 Å². The summed E-state index contributed by atoms with van der Waals surface area (Å²) in [5, 5.41) is 37.6. The van der Waals surface area contributed by atoms with E-state index in [1.54, 1.807) is 0 Å². The highest BCUT2D eigenvalue weighted by molar-refractivity contribution is 5.92. The van der Waals surface area contributed by atoms with Crippen LogP contribution in [0.5, 0.6) is 0 Å². The number of carboxylic acids is 1. The van der Waals surface area contributed by atoms with Crippen LogP contribution in [0.2, 0.25) is 0 Å². The summed E-state index contributed by atoms with van der Waals surface area (Å²) >= 11 is 0. The van der Waals surface area contributed by atoms with Crippen LogP contribution < -0.4 is 27.4 Å². The number of unbranched alkanes of at least 4 members (excludes halogenated alkanes) is 16. The molecule has 0 aromatic carbocycles. The topological polar surface area (TPSA) is 253 Å². The lowest BCUT2D eigenvalue weighted by atomic mass is 9.96. The van der Waals surface area contributed by atoms with Gasteiger partial charge in [0.25, 0.3) is 0 Å². The minimum absolute atomic E-state index is 0.108. The van der Waals surface area contributed by atoms with E-state index in [0.717, 1.165) is 25.7 Å². The van der Waals surface area contributed by atoms with Crippen molar-refractivity contribution in [3.05, 3.63) is 0 Å². The average molecular weight is 744 g/mol. The number of rotatable bonds is 30. The Morgan fingerprint density at radius 1 is 0.750 bits per heavy atom. The van der Waals surface area contributed by atoms with Crippen molar-refractivity contribution in [1.29, 1.82) is 0 Å². The number of carbonyl (C=O) groups excluding carboxylic acids is 4. The maximum atomic E-state index is 12.8. The zero-order valence-corrected chi connectivity index (χ0v) is 31.8. The number of aliphatic carboxylic acids is 1. The van der Waals surface area contributed by atoms with Crippen LogP contribution >= 0.6 is 0 Å². The highest BCUT2D eigenvalue weighted by Crippen LogP contribution is 2.22.